The number of imide groups is 1. The summed E-state index contributed by atoms with van der Waals surface area (Å²) in [5.41, 5.74) is 3.11. The molecule has 0 aliphatic carbocycles. The lowest BCUT2D eigenvalue weighted by Gasteiger charge is -2.39. The van der Waals surface area contributed by atoms with Crippen molar-refractivity contribution in [1.82, 2.24) is 15.1 Å². The molecule has 0 bridgehead atoms. The van der Waals surface area contributed by atoms with Crippen LogP contribution in [0.5, 0.6) is 5.75 Å². The van der Waals surface area contributed by atoms with Crippen LogP contribution in [0.3, 0.4) is 0 Å². The van der Waals surface area contributed by atoms with Crippen LogP contribution in [0.15, 0.2) is 42.5 Å². The fourth-order valence-corrected chi connectivity index (χ4v) is 5.37. The Labute approximate surface area is 212 Å². The van der Waals surface area contributed by atoms with Gasteiger partial charge >= 0.3 is 0 Å². The lowest BCUT2D eigenvalue weighted by atomic mass is 9.82. The molecule has 3 amide bonds. The van der Waals surface area contributed by atoms with Crippen LogP contribution in [0.25, 0.3) is 0 Å². The Bertz CT molecular complexity index is 1180. The van der Waals surface area contributed by atoms with E-state index in [1.807, 2.05) is 12.1 Å². The Hall–Kier alpha value is -3.19. The molecule has 0 spiro atoms. The highest BCUT2D eigenvalue weighted by Gasteiger charge is 2.49. The van der Waals surface area contributed by atoms with E-state index in [1.165, 1.54) is 18.4 Å². The summed E-state index contributed by atoms with van der Waals surface area (Å²) >= 11 is 0. The van der Waals surface area contributed by atoms with E-state index in [1.54, 1.807) is 17.9 Å². The lowest BCUT2D eigenvalue weighted by Crippen LogP contribution is -2.61. The molecular weight excluding hydrogens is 454 g/mol. The van der Waals surface area contributed by atoms with Gasteiger partial charge in [0.05, 0.1) is 6.54 Å². The van der Waals surface area contributed by atoms with E-state index in [0.717, 1.165) is 30.8 Å². The number of carbonyl (C=O) groups is 3. The number of benzene rings is 2. The van der Waals surface area contributed by atoms with Crippen molar-refractivity contribution in [3.8, 4) is 5.75 Å². The summed E-state index contributed by atoms with van der Waals surface area (Å²) in [7, 11) is 0. The van der Waals surface area contributed by atoms with Crippen LogP contribution in [0.2, 0.25) is 0 Å². The van der Waals surface area contributed by atoms with Crippen molar-refractivity contribution in [1.29, 1.82) is 0 Å². The molecule has 2 fully saturated rings. The SMILES string of the molecule is CC1(C)CCN(Cc2ccc(COc3cccc4c3CN([C@@]3(C)CCC(=O)NC3=O)C4=O)cc2)CC1. The summed E-state index contributed by atoms with van der Waals surface area (Å²) in [6.45, 7) is 10.4. The molecule has 2 aromatic carbocycles. The van der Waals surface area contributed by atoms with Gasteiger partial charge in [0.25, 0.3) is 11.8 Å². The topological polar surface area (TPSA) is 79.0 Å². The lowest BCUT2D eigenvalue weighted by molar-refractivity contribution is -0.142. The summed E-state index contributed by atoms with van der Waals surface area (Å²) in [6, 6.07) is 14.0. The van der Waals surface area contributed by atoms with E-state index in [0.29, 0.717) is 29.8 Å². The molecule has 0 unspecified atom stereocenters. The highest BCUT2D eigenvalue weighted by atomic mass is 16.5. The molecule has 2 saturated heterocycles. The Balaban J connectivity index is 1.22. The van der Waals surface area contributed by atoms with Crippen LogP contribution in [0.1, 0.15) is 73.5 Å². The van der Waals surface area contributed by atoms with Crippen molar-refractivity contribution in [3.05, 3.63) is 64.7 Å². The quantitative estimate of drug-likeness (QED) is 0.620. The minimum Gasteiger partial charge on any atom is -0.489 e. The minimum absolute atomic E-state index is 0.201. The first kappa shape index (κ1) is 24.5. The number of hydrogen-bond acceptors (Lipinski definition) is 5. The normalized spacial score (nSPS) is 24.0. The number of carbonyl (C=O) groups excluding carboxylic acids is 3. The largest absolute Gasteiger partial charge is 0.489 e. The van der Waals surface area contributed by atoms with Crippen molar-refractivity contribution in [2.45, 2.75) is 71.7 Å². The van der Waals surface area contributed by atoms with Gasteiger partial charge in [-0.05, 0) is 68.0 Å². The van der Waals surface area contributed by atoms with Gasteiger partial charge in [-0.3, -0.25) is 24.6 Å². The van der Waals surface area contributed by atoms with Gasteiger partial charge in [-0.15, -0.1) is 0 Å². The molecule has 1 N–H and O–H groups in total. The van der Waals surface area contributed by atoms with Crippen molar-refractivity contribution in [3.63, 3.8) is 0 Å². The van der Waals surface area contributed by atoms with Gasteiger partial charge in [0, 0.05) is 24.1 Å². The highest BCUT2D eigenvalue weighted by molar-refractivity contribution is 6.07. The fraction of sp³-hybridized carbons (Fsp3) is 0.483. The second kappa shape index (κ2) is 9.36. The van der Waals surface area contributed by atoms with E-state index in [2.05, 4.69) is 48.3 Å². The van der Waals surface area contributed by atoms with Crippen molar-refractivity contribution >= 4 is 17.7 Å². The number of ether oxygens (including phenoxy) is 1. The molecule has 0 aromatic heterocycles. The monoisotopic (exact) mass is 489 g/mol. The summed E-state index contributed by atoms with van der Waals surface area (Å²) in [6.07, 6.45) is 3.01. The van der Waals surface area contributed by atoms with Gasteiger partial charge in [-0.25, -0.2) is 0 Å². The molecule has 3 heterocycles. The molecule has 3 aliphatic rings. The third kappa shape index (κ3) is 4.76. The molecule has 0 saturated carbocycles. The predicted molar refractivity (Wildman–Crippen MR) is 136 cm³/mol. The van der Waals surface area contributed by atoms with E-state index >= 15 is 0 Å². The first-order valence-electron chi connectivity index (χ1n) is 12.9. The maximum absolute atomic E-state index is 13.2. The molecule has 36 heavy (non-hydrogen) atoms. The zero-order valence-electron chi connectivity index (χ0n) is 21.4. The molecule has 3 aliphatic heterocycles. The Morgan fingerprint density at radius 3 is 2.31 bits per heavy atom. The molecule has 7 nitrogen and oxygen atoms in total. The second-order valence-electron chi connectivity index (χ2n) is 11.4. The zero-order valence-corrected chi connectivity index (χ0v) is 21.4. The van der Waals surface area contributed by atoms with E-state index < -0.39 is 11.4 Å². The standard InChI is InChI=1S/C29H35N3O4/c1-28(2)13-15-31(16-14-28)17-20-7-9-21(10-8-20)19-36-24-6-4-5-22-23(24)18-32(26(22)34)29(3)12-11-25(33)30-27(29)35/h4-10H,11-19H2,1-3H3,(H,30,33,35)/t29-/m0/s1. The third-order valence-corrected chi connectivity index (χ3v) is 8.13. The van der Waals surface area contributed by atoms with Gasteiger partial charge in [0.1, 0.15) is 17.9 Å². The number of nitrogens with zero attached hydrogens (tertiary/aromatic N) is 2. The number of likely N-dealkylation sites (tertiary alicyclic amines) is 1. The van der Waals surface area contributed by atoms with E-state index in [4.69, 9.17) is 4.74 Å². The predicted octanol–water partition coefficient (Wildman–Crippen LogP) is 4.04. The van der Waals surface area contributed by atoms with Crippen LogP contribution in [-0.2, 0) is 29.3 Å². The molecule has 1 atom stereocenters. The second-order valence-corrected chi connectivity index (χ2v) is 11.4. The van der Waals surface area contributed by atoms with Gasteiger partial charge in [-0.2, -0.15) is 0 Å². The van der Waals surface area contributed by atoms with E-state index in [9.17, 15) is 14.4 Å². The minimum atomic E-state index is -1.05. The average Bonchev–Trinajstić information content (AvgIpc) is 3.20. The number of amides is 3. The van der Waals surface area contributed by atoms with Crippen LogP contribution in [-0.4, -0.2) is 46.1 Å². The molecule has 5 rings (SSSR count). The highest BCUT2D eigenvalue weighted by Crippen LogP contribution is 2.38. The summed E-state index contributed by atoms with van der Waals surface area (Å²) in [5.74, 6) is -0.264. The number of piperidine rings is 2. The van der Waals surface area contributed by atoms with E-state index in [-0.39, 0.29) is 24.8 Å². The number of fused-ring (bicyclic) bond motifs is 1. The molecule has 2 aromatic rings. The summed E-state index contributed by atoms with van der Waals surface area (Å²) < 4.78 is 6.16. The maximum atomic E-state index is 13.2. The van der Waals surface area contributed by atoms with Crippen LogP contribution in [0.4, 0.5) is 0 Å². The number of nitrogens with one attached hydrogen (secondary N) is 1. The Morgan fingerprint density at radius 1 is 0.917 bits per heavy atom. The number of hydrogen-bond donors (Lipinski definition) is 1. The first-order chi connectivity index (χ1) is 17.1. The van der Waals surface area contributed by atoms with Gasteiger partial charge in [-0.1, -0.05) is 44.2 Å². The Morgan fingerprint density at radius 2 is 1.61 bits per heavy atom. The first-order valence-corrected chi connectivity index (χ1v) is 12.9. The zero-order chi connectivity index (χ0) is 25.5. The molecule has 0 radical (unpaired) electrons. The molecular formula is C29H35N3O4. The van der Waals surface area contributed by atoms with Crippen molar-refractivity contribution < 1.29 is 19.1 Å². The number of rotatable bonds is 6. The third-order valence-electron chi connectivity index (χ3n) is 8.13. The average molecular weight is 490 g/mol. The van der Waals surface area contributed by atoms with Crippen LogP contribution < -0.4 is 10.1 Å². The van der Waals surface area contributed by atoms with Crippen molar-refractivity contribution in [2.24, 2.45) is 5.41 Å². The van der Waals surface area contributed by atoms with Gasteiger partial charge < -0.3 is 9.64 Å². The van der Waals surface area contributed by atoms with Crippen LogP contribution in [0, 0.1) is 5.41 Å². The smallest absolute Gasteiger partial charge is 0.255 e. The van der Waals surface area contributed by atoms with Crippen molar-refractivity contribution in [2.75, 3.05) is 13.1 Å². The summed E-state index contributed by atoms with van der Waals surface area (Å²) in [5, 5.41) is 2.38. The maximum Gasteiger partial charge on any atom is 0.255 e. The summed E-state index contributed by atoms with van der Waals surface area (Å²) in [4.78, 5) is 41.6. The van der Waals surface area contributed by atoms with Crippen LogP contribution >= 0.6 is 0 Å². The van der Waals surface area contributed by atoms with Gasteiger partial charge in [0.15, 0.2) is 0 Å². The van der Waals surface area contributed by atoms with Gasteiger partial charge in [0.2, 0.25) is 5.91 Å². The molecule has 7 heteroatoms. The Kier molecular flexibility index (Phi) is 6.37. The molecule has 190 valence electrons. The fourth-order valence-electron chi connectivity index (χ4n) is 5.37.